The van der Waals surface area contributed by atoms with Gasteiger partial charge in [-0.15, -0.1) is 0 Å². The first-order valence-electron chi connectivity index (χ1n) is 10.1. The quantitative estimate of drug-likeness (QED) is 0.616. The zero-order valence-corrected chi connectivity index (χ0v) is 17.7. The zero-order valence-electron chi connectivity index (χ0n) is 17.7. The van der Waals surface area contributed by atoms with Crippen molar-refractivity contribution in [2.45, 2.75) is 58.8 Å². The number of hydrazine groups is 1. The maximum absolute atomic E-state index is 12.8. The zero-order chi connectivity index (χ0) is 20.7. The fourth-order valence-corrected chi connectivity index (χ4v) is 4.30. The van der Waals surface area contributed by atoms with Crippen LogP contribution in [0.15, 0.2) is 24.3 Å². The first kappa shape index (κ1) is 19.6. The number of rotatable bonds is 5. The van der Waals surface area contributed by atoms with E-state index in [9.17, 15) is 4.79 Å². The van der Waals surface area contributed by atoms with Gasteiger partial charge in [0, 0.05) is 24.3 Å². The second-order valence-corrected chi connectivity index (χ2v) is 8.04. The van der Waals surface area contributed by atoms with Crippen LogP contribution in [-0.4, -0.2) is 31.3 Å². The number of benzene rings is 1. The van der Waals surface area contributed by atoms with Gasteiger partial charge in [0.05, 0.1) is 29.3 Å². The van der Waals surface area contributed by atoms with Crippen LogP contribution in [0.25, 0.3) is 11.0 Å². The summed E-state index contributed by atoms with van der Waals surface area (Å²) in [5.41, 5.74) is 11.7. The lowest BCUT2D eigenvalue weighted by atomic mass is 10.00. The van der Waals surface area contributed by atoms with Crippen LogP contribution in [0.2, 0.25) is 0 Å². The number of hydrogen-bond acceptors (Lipinski definition) is 5. The largest absolute Gasteiger partial charge is 0.347 e. The molecule has 0 bridgehead atoms. The molecule has 154 valence electrons. The van der Waals surface area contributed by atoms with Crippen molar-refractivity contribution < 1.29 is 4.79 Å². The predicted octanol–water partition coefficient (Wildman–Crippen LogP) is 2.19. The average molecular weight is 396 g/mol. The number of nitrogens with zero attached hydrogens (tertiary/aromatic N) is 4. The summed E-state index contributed by atoms with van der Waals surface area (Å²) in [7, 11) is 1.94. The molecule has 3 aromatic rings. The number of nitrogens with one attached hydrogen (secondary N) is 3. The summed E-state index contributed by atoms with van der Waals surface area (Å²) in [6, 6.07) is 8.11. The predicted molar refractivity (Wildman–Crippen MR) is 112 cm³/mol. The van der Waals surface area contributed by atoms with Gasteiger partial charge in [0.2, 0.25) is 5.91 Å². The Morgan fingerprint density at radius 3 is 2.72 bits per heavy atom. The third-order valence-electron chi connectivity index (χ3n) is 5.74. The molecule has 8 nitrogen and oxygen atoms in total. The van der Waals surface area contributed by atoms with E-state index in [4.69, 9.17) is 4.98 Å². The molecule has 0 aliphatic carbocycles. The molecule has 1 fully saturated rings. The average Bonchev–Trinajstić information content (AvgIpc) is 3.36. The first-order chi connectivity index (χ1) is 13.9. The van der Waals surface area contributed by atoms with Gasteiger partial charge in [-0.1, -0.05) is 12.1 Å². The normalized spacial score (nSPS) is 19.4. The monoisotopic (exact) mass is 395 g/mol. The Kier molecular flexibility index (Phi) is 5.14. The molecule has 1 saturated heterocycles. The van der Waals surface area contributed by atoms with E-state index in [0.29, 0.717) is 13.0 Å². The summed E-state index contributed by atoms with van der Waals surface area (Å²) < 4.78 is 4.07. The number of aromatic nitrogens is 4. The van der Waals surface area contributed by atoms with Gasteiger partial charge in [-0.25, -0.2) is 15.8 Å². The molecule has 0 radical (unpaired) electrons. The minimum Gasteiger partial charge on any atom is -0.347 e. The van der Waals surface area contributed by atoms with Gasteiger partial charge in [0.1, 0.15) is 11.9 Å². The summed E-state index contributed by atoms with van der Waals surface area (Å²) in [5, 5.41) is 7.54. The molecule has 4 rings (SSSR count). The van der Waals surface area contributed by atoms with E-state index in [1.807, 2.05) is 36.9 Å². The van der Waals surface area contributed by atoms with E-state index < -0.39 is 0 Å². The number of aryl methyl sites for hydroxylation is 2. The lowest BCUT2D eigenvalue weighted by Crippen LogP contribution is -2.43. The molecule has 8 heteroatoms. The molecule has 29 heavy (non-hydrogen) atoms. The first-order valence-corrected chi connectivity index (χ1v) is 10.1. The topological polar surface area (TPSA) is 88.8 Å². The number of para-hydroxylation sites is 2. The van der Waals surface area contributed by atoms with Crippen molar-refractivity contribution in [3.05, 3.63) is 47.0 Å². The van der Waals surface area contributed by atoms with Crippen LogP contribution in [0.4, 0.5) is 0 Å². The number of carbonyl (C=O) groups is 1. The SMILES string of the molecule is Cc1nn(C)c(C)c1C1CC(C(=O)NCc2nc3ccccc3n2C(C)C)NN1. The second-order valence-electron chi connectivity index (χ2n) is 8.04. The fourth-order valence-electron chi connectivity index (χ4n) is 4.30. The Bertz CT molecular complexity index is 1050. The van der Waals surface area contributed by atoms with Crippen LogP contribution >= 0.6 is 0 Å². The Hall–Kier alpha value is -2.71. The Balaban J connectivity index is 1.45. The van der Waals surface area contributed by atoms with Crippen molar-refractivity contribution >= 4 is 16.9 Å². The minimum absolute atomic E-state index is 0.0263. The van der Waals surface area contributed by atoms with Crippen molar-refractivity contribution in [3.63, 3.8) is 0 Å². The van der Waals surface area contributed by atoms with E-state index in [1.165, 1.54) is 0 Å². The van der Waals surface area contributed by atoms with E-state index >= 15 is 0 Å². The molecule has 1 aliphatic heterocycles. The smallest absolute Gasteiger partial charge is 0.238 e. The van der Waals surface area contributed by atoms with Gasteiger partial charge >= 0.3 is 0 Å². The molecule has 2 aromatic heterocycles. The highest BCUT2D eigenvalue weighted by Crippen LogP contribution is 2.27. The summed E-state index contributed by atoms with van der Waals surface area (Å²) in [6.45, 7) is 8.73. The number of fused-ring (bicyclic) bond motifs is 1. The lowest BCUT2D eigenvalue weighted by Gasteiger charge is -2.15. The van der Waals surface area contributed by atoms with E-state index in [1.54, 1.807) is 0 Å². The Labute approximate surface area is 170 Å². The maximum atomic E-state index is 12.8. The van der Waals surface area contributed by atoms with Gasteiger partial charge in [-0.05, 0) is 46.2 Å². The second kappa shape index (κ2) is 7.61. The third kappa shape index (κ3) is 3.54. The molecular formula is C21H29N7O. The van der Waals surface area contributed by atoms with Crippen LogP contribution in [0.5, 0.6) is 0 Å². The summed E-state index contributed by atoms with van der Waals surface area (Å²) in [6.07, 6.45) is 0.680. The van der Waals surface area contributed by atoms with Crippen LogP contribution in [-0.2, 0) is 18.4 Å². The van der Waals surface area contributed by atoms with Crippen molar-refractivity contribution in [1.82, 2.24) is 35.5 Å². The van der Waals surface area contributed by atoms with Gasteiger partial charge in [-0.2, -0.15) is 5.10 Å². The van der Waals surface area contributed by atoms with Gasteiger partial charge in [0.25, 0.3) is 0 Å². The molecule has 2 atom stereocenters. The van der Waals surface area contributed by atoms with Crippen molar-refractivity contribution in [1.29, 1.82) is 0 Å². The summed E-state index contributed by atoms with van der Waals surface area (Å²) >= 11 is 0. The number of carbonyl (C=O) groups excluding carboxylic acids is 1. The van der Waals surface area contributed by atoms with Crippen LogP contribution < -0.4 is 16.2 Å². The number of imidazole rings is 1. The highest BCUT2D eigenvalue weighted by Gasteiger charge is 2.33. The molecule has 1 aliphatic rings. The van der Waals surface area contributed by atoms with Gasteiger partial charge < -0.3 is 9.88 Å². The fraction of sp³-hybridized carbons (Fsp3) is 0.476. The standard InChI is InChI=1S/C21H29N7O/c1-12(2)28-18-9-7-6-8-15(18)23-19(28)11-22-21(29)17-10-16(24-25-17)20-13(3)26-27(5)14(20)4/h6-9,12,16-17,24-25H,10-11H2,1-5H3,(H,22,29). The van der Waals surface area contributed by atoms with E-state index in [-0.39, 0.29) is 24.0 Å². The van der Waals surface area contributed by atoms with Crippen molar-refractivity contribution in [2.24, 2.45) is 7.05 Å². The van der Waals surface area contributed by atoms with Gasteiger partial charge in [0.15, 0.2) is 0 Å². The molecule has 0 spiro atoms. The third-order valence-corrected chi connectivity index (χ3v) is 5.74. The van der Waals surface area contributed by atoms with Crippen LogP contribution in [0.1, 0.15) is 55.1 Å². The molecule has 1 amide bonds. The lowest BCUT2D eigenvalue weighted by molar-refractivity contribution is -0.123. The van der Waals surface area contributed by atoms with Gasteiger partial charge in [-0.3, -0.25) is 9.48 Å². The highest BCUT2D eigenvalue weighted by molar-refractivity contribution is 5.82. The molecule has 3 heterocycles. The van der Waals surface area contributed by atoms with E-state index in [2.05, 4.69) is 52.7 Å². The Morgan fingerprint density at radius 1 is 1.28 bits per heavy atom. The molecule has 0 saturated carbocycles. The number of hydrogen-bond donors (Lipinski definition) is 3. The molecule has 2 unspecified atom stereocenters. The summed E-state index contributed by atoms with van der Waals surface area (Å²) in [5.74, 6) is 0.845. The maximum Gasteiger partial charge on any atom is 0.238 e. The molecular weight excluding hydrogens is 366 g/mol. The minimum atomic E-state index is -0.295. The molecule has 1 aromatic carbocycles. The number of amides is 1. The van der Waals surface area contributed by atoms with E-state index in [0.717, 1.165) is 33.8 Å². The summed E-state index contributed by atoms with van der Waals surface area (Å²) in [4.78, 5) is 17.5. The van der Waals surface area contributed by atoms with Crippen LogP contribution in [0.3, 0.4) is 0 Å². The van der Waals surface area contributed by atoms with Crippen molar-refractivity contribution in [2.75, 3.05) is 0 Å². The van der Waals surface area contributed by atoms with Crippen LogP contribution in [0, 0.1) is 13.8 Å². The Morgan fingerprint density at radius 2 is 2.03 bits per heavy atom. The van der Waals surface area contributed by atoms with Crippen molar-refractivity contribution in [3.8, 4) is 0 Å². The molecule has 3 N–H and O–H groups in total. The highest BCUT2D eigenvalue weighted by atomic mass is 16.2.